The molecule has 4 heteroatoms. The molecule has 17 heavy (non-hydrogen) atoms. The average Bonchev–Trinajstić information content (AvgIpc) is 2.34. The van der Waals surface area contributed by atoms with E-state index in [1.165, 1.54) is 32.4 Å². The third-order valence-electron chi connectivity index (χ3n) is 2.47. The number of nitrogens with zero attached hydrogens (tertiary/aromatic N) is 1. The molecule has 0 aromatic heterocycles. The van der Waals surface area contributed by atoms with Gasteiger partial charge in [0.1, 0.15) is 0 Å². The number of hydrogen-bond acceptors (Lipinski definition) is 2. The first-order valence-electron chi connectivity index (χ1n) is 5.68. The van der Waals surface area contributed by atoms with Crippen LogP contribution >= 0.6 is 17.0 Å². The number of aliphatic hydroxyl groups is 1. The molecule has 2 nitrogen and oxygen atoms in total. The van der Waals surface area contributed by atoms with Gasteiger partial charge in [0.15, 0.2) is 0 Å². The zero-order valence-corrected chi connectivity index (χ0v) is 13.5. The predicted molar refractivity (Wildman–Crippen MR) is 78.7 cm³/mol. The molecule has 0 aliphatic carbocycles. The Morgan fingerprint density at radius 1 is 1.00 bits per heavy atom. The normalized spacial score (nSPS) is 14.6. The van der Waals surface area contributed by atoms with Crippen molar-refractivity contribution in [2.75, 3.05) is 26.2 Å². The molecule has 1 aliphatic rings. The second-order valence-electron chi connectivity index (χ2n) is 3.70. The molecule has 0 saturated carbocycles. The number of halogens is 1. The monoisotopic (exact) mass is 310 g/mol. The molecular formula is C13H21BrMgNO+. The Morgan fingerprint density at radius 2 is 1.59 bits per heavy atom. The summed E-state index contributed by atoms with van der Waals surface area (Å²) in [7, 11) is 0. The number of rotatable bonds is 2. The van der Waals surface area contributed by atoms with Crippen molar-refractivity contribution in [3.63, 3.8) is 0 Å². The topological polar surface area (TPSA) is 23.5 Å². The van der Waals surface area contributed by atoms with E-state index in [2.05, 4.69) is 11.0 Å². The van der Waals surface area contributed by atoms with Gasteiger partial charge < -0.3 is 10.0 Å². The second kappa shape index (κ2) is 14.4. The predicted octanol–water partition coefficient (Wildman–Crippen LogP) is 2.15. The first-order chi connectivity index (χ1) is 7.43. The van der Waals surface area contributed by atoms with E-state index in [1.54, 1.807) is 0 Å². The van der Waals surface area contributed by atoms with Crippen molar-refractivity contribution < 1.29 is 5.11 Å². The number of hydrogen-bond donors (Lipinski definition) is 1. The fraction of sp³-hybridized carbons (Fsp3) is 0.538. The first-order valence-corrected chi connectivity index (χ1v) is 5.68. The van der Waals surface area contributed by atoms with Crippen molar-refractivity contribution in [3.8, 4) is 0 Å². The Labute approximate surface area is 131 Å². The van der Waals surface area contributed by atoms with Crippen molar-refractivity contribution in [3.05, 3.63) is 36.4 Å². The fourth-order valence-electron chi connectivity index (χ4n) is 1.67. The van der Waals surface area contributed by atoms with Gasteiger partial charge in [-0.05, 0) is 25.9 Å². The Kier molecular flexibility index (Phi) is 16.8. The maximum atomic E-state index is 8.58. The molecule has 2 rings (SSSR count). The fourth-order valence-corrected chi connectivity index (χ4v) is 1.67. The molecule has 0 radical (unpaired) electrons. The van der Waals surface area contributed by atoms with Crippen molar-refractivity contribution in [2.45, 2.75) is 19.3 Å². The zero-order valence-electron chi connectivity index (χ0n) is 10.3. The van der Waals surface area contributed by atoms with Crippen LogP contribution in [-0.4, -0.2) is 59.3 Å². The van der Waals surface area contributed by atoms with Crippen molar-refractivity contribution in [2.24, 2.45) is 0 Å². The quantitative estimate of drug-likeness (QED) is 0.668. The largest absolute Gasteiger partial charge is 2.00 e. The molecule has 0 unspecified atom stereocenters. The summed E-state index contributed by atoms with van der Waals surface area (Å²) in [5.74, 6) is 0. The van der Waals surface area contributed by atoms with Gasteiger partial charge in [0, 0.05) is 6.54 Å². The van der Waals surface area contributed by atoms with Crippen LogP contribution in [0.3, 0.4) is 0 Å². The van der Waals surface area contributed by atoms with Gasteiger partial charge in [-0.1, -0.05) is 6.42 Å². The van der Waals surface area contributed by atoms with Crippen LogP contribution in [0, 0.1) is 6.07 Å². The molecule has 1 heterocycles. The van der Waals surface area contributed by atoms with Gasteiger partial charge in [-0.15, -0.1) is 17.0 Å². The molecule has 0 spiro atoms. The Bertz CT molecular complexity index is 201. The van der Waals surface area contributed by atoms with E-state index >= 15 is 0 Å². The van der Waals surface area contributed by atoms with Crippen LogP contribution in [0.1, 0.15) is 19.3 Å². The van der Waals surface area contributed by atoms with E-state index in [4.69, 9.17) is 5.11 Å². The van der Waals surface area contributed by atoms with Crippen LogP contribution in [0.15, 0.2) is 30.3 Å². The second-order valence-corrected chi connectivity index (χ2v) is 3.70. The van der Waals surface area contributed by atoms with E-state index in [1.807, 2.05) is 30.3 Å². The number of benzene rings is 1. The Hall–Kier alpha value is 0.386. The molecule has 1 fully saturated rings. The molecule has 1 saturated heterocycles. The van der Waals surface area contributed by atoms with Gasteiger partial charge in [-0.3, -0.25) is 0 Å². The summed E-state index contributed by atoms with van der Waals surface area (Å²) in [4.78, 5) is 2.32. The standard InChI is InChI=1S/C7H15NO.C6H5.BrH.Mg/c9-7-6-8-4-2-1-3-5-8;1-2-4-6-5-3-1;;/h9H,1-7H2;1-5H;1H;/q;-1;;+2. The summed E-state index contributed by atoms with van der Waals surface area (Å²) in [5, 5.41) is 8.58. The summed E-state index contributed by atoms with van der Waals surface area (Å²) < 4.78 is 0. The van der Waals surface area contributed by atoms with Gasteiger partial charge in [-0.2, -0.15) is 36.4 Å². The van der Waals surface area contributed by atoms with E-state index < -0.39 is 0 Å². The van der Waals surface area contributed by atoms with E-state index in [0.717, 1.165) is 6.54 Å². The van der Waals surface area contributed by atoms with Crippen LogP contribution in [-0.2, 0) is 0 Å². The minimum atomic E-state index is 0. The molecule has 0 bridgehead atoms. The molecular weight excluding hydrogens is 290 g/mol. The molecule has 0 atom stereocenters. The summed E-state index contributed by atoms with van der Waals surface area (Å²) in [5.41, 5.74) is 0. The van der Waals surface area contributed by atoms with Crippen LogP contribution in [0.25, 0.3) is 0 Å². The third kappa shape index (κ3) is 11.2. The molecule has 1 aromatic carbocycles. The zero-order chi connectivity index (χ0) is 10.8. The summed E-state index contributed by atoms with van der Waals surface area (Å²) >= 11 is 0. The smallest absolute Gasteiger partial charge is 0.395 e. The summed E-state index contributed by atoms with van der Waals surface area (Å²) in [6.45, 7) is 3.58. The van der Waals surface area contributed by atoms with Crippen LogP contribution in [0.4, 0.5) is 0 Å². The average molecular weight is 312 g/mol. The van der Waals surface area contributed by atoms with E-state index in [-0.39, 0.29) is 40.0 Å². The Morgan fingerprint density at radius 3 is 1.94 bits per heavy atom. The number of likely N-dealkylation sites (tertiary alicyclic amines) is 1. The SMILES string of the molecule is Br.OCCN1CCCCC1.[Mg+2].[c-]1ccccc1. The number of aliphatic hydroxyl groups excluding tert-OH is 1. The van der Waals surface area contributed by atoms with Gasteiger partial charge in [0.2, 0.25) is 0 Å². The minimum Gasteiger partial charge on any atom is -0.395 e. The van der Waals surface area contributed by atoms with Gasteiger partial charge >= 0.3 is 23.1 Å². The molecule has 1 aromatic rings. The minimum absolute atomic E-state index is 0. The maximum Gasteiger partial charge on any atom is 2.00 e. The van der Waals surface area contributed by atoms with Crippen molar-refractivity contribution in [1.82, 2.24) is 4.90 Å². The van der Waals surface area contributed by atoms with E-state index in [9.17, 15) is 0 Å². The van der Waals surface area contributed by atoms with Crippen molar-refractivity contribution in [1.29, 1.82) is 0 Å². The van der Waals surface area contributed by atoms with Crippen LogP contribution < -0.4 is 0 Å². The maximum absolute atomic E-state index is 8.58. The molecule has 92 valence electrons. The van der Waals surface area contributed by atoms with Crippen LogP contribution in [0.5, 0.6) is 0 Å². The van der Waals surface area contributed by atoms with E-state index in [0.29, 0.717) is 6.61 Å². The van der Waals surface area contributed by atoms with Crippen molar-refractivity contribution >= 4 is 40.0 Å². The molecule has 1 aliphatic heterocycles. The van der Waals surface area contributed by atoms with Crippen LogP contribution in [0.2, 0.25) is 0 Å². The summed E-state index contributed by atoms with van der Waals surface area (Å²) in [6.07, 6.45) is 4.02. The third-order valence-corrected chi connectivity index (χ3v) is 2.47. The van der Waals surface area contributed by atoms with Gasteiger partial charge in [0.25, 0.3) is 0 Å². The van der Waals surface area contributed by atoms with Gasteiger partial charge in [0.05, 0.1) is 6.61 Å². The molecule has 0 amide bonds. The molecule has 1 N–H and O–H groups in total. The first kappa shape index (κ1) is 19.7. The summed E-state index contributed by atoms with van der Waals surface area (Å²) in [6, 6.07) is 12.5. The Balaban J connectivity index is 0. The number of piperidine rings is 1. The number of β-amino-alcohol motifs (C(OH)–C–C–N with tert-alkyl or cyclic N) is 1. The van der Waals surface area contributed by atoms with Gasteiger partial charge in [-0.25, -0.2) is 0 Å².